The van der Waals surface area contributed by atoms with E-state index in [9.17, 15) is 14.4 Å². The summed E-state index contributed by atoms with van der Waals surface area (Å²) in [5, 5.41) is 0. The average Bonchev–Trinajstić information content (AvgIpc) is 3.27. The van der Waals surface area contributed by atoms with Gasteiger partial charge in [-0.2, -0.15) is 0 Å². The minimum absolute atomic E-state index is 0.0592. The van der Waals surface area contributed by atoms with E-state index in [-0.39, 0.29) is 23.7 Å². The van der Waals surface area contributed by atoms with Crippen molar-refractivity contribution in [2.45, 2.75) is 84.8 Å². The lowest BCUT2D eigenvalue weighted by atomic mass is 9.98. The highest BCUT2D eigenvalue weighted by Crippen LogP contribution is 2.36. The Labute approximate surface area is 167 Å². The number of ketones is 1. The largest absolute Gasteiger partial charge is 0.464 e. The van der Waals surface area contributed by atoms with Crippen LogP contribution in [0, 0.1) is 19.8 Å². The molecule has 28 heavy (non-hydrogen) atoms. The van der Waals surface area contributed by atoms with Gasteiger partial charge in [0, 0.05) is 29.8 Å². The van der Waals surface area contributed by atoms with E-state index in [4.69, 9.17) is 4.74 Å². The lowest BCUT2D eigenvalue weighted by Gasteiger charge is -2.31. The van der Waals surface area contributed by atoms with Crippen molar-refractivity contribution in [3.63, 3.8) is 0 Å². The van der Waals surface area contributed by atoms with Crippen LogP contribution in [0.5, 0.6) is 0 Å². The molecule has 1 amide bonds. The maximum absolute atomic E-state index is 13.5. The summed E-state index contributed by atoms with van der Waals surface area (Å²) in [4.78, 5) is 40.8. The molecular formula is C22H32N2O4. The number of carbonyl (C=O) groups excluding carboxylic acids is 3. The van der Waals surface area contributed by atoms with Gasteiger partial charge in [-0.05, 0) is 58.9 Å². The molecule has 1 atom stereocenters. The van der Waals surface area contributed by atoms with Gasteiger partial charge in [0.2, 0.25) is 5.91 Å². The standard InChI is InChI=1S/C22H32N2O4/c1-6-23-14(3)18(13(2)19(23)22(27)28-5)20(25)15(4)24(17-11-12-17)21(26)16-9-7-8-10-16/h15-17H,6-12H2,1-5H3/t15-/m1/s1. The molecule has 2 aliphatic rings. The van der Waals surface area contributed by atoms with E-state index in [0.29, 0.717) is 23.4 Å². The zero-order chi connectivity index (χ0) is 20.6. The topological polar surface area (TPSA) is 68.6 Å². The van der Waals surface area contributed by atoms with Gasteiger partial charge in [-0.15, -0.1) is 0 Å². The molecular weight excluding hydrogens is 356 g/mol. The van der Waals surface area contributed by atoms with Gasteiger partial charge in [0.05, 0.1) is 13.2 Å². The fourth-order valence-corrected chi connectivity index (χ4v) is 4.77. The van der Waals surface area contributed by atoms with E-state index in [1.165, 1.54) is 7.11 Å². The van der Waals surface area contributed by atoms with Crippen molar-refractivity contribution in [3.8, 4) is 0 Å². The third-order valence-corrected chi connectivity index (χ3v) is 6.40. The van der Waals surface area contributed by atoms with Crippen molar-refractivity contribution in [2.24, 2.45) is 5.92 Å². The molecule has 0 bridgehead atoms. The number of nitrogens with zero attached hydrogens (tertiary/aromatic N) is 2. The molecule has 0 saturated heterocycles. The first-order chi connectivity index (χ1) is 13.3. The van der Waals surface area contributed by atoms with Crippen LogP contribution in [0.4, 0.5) is 0 Å². The van der Waals surface area contributed by atoms with Crippen molar-refractivity contribution in [3.05, 3.63) is 22.5 Å². The number of hydrogen-bond donors (Lipinski definition) is 0. The second-order valence-electron chi connectivity index (χ2n) is 8.17. The SMILES string of the molecule is CCn1c(C)c(C(=O)[C@@H](C)N(C(=O)C2CCCC2)C2CC2)c(C)c1C(=O)OC. The van der Waals surface area contributed by atoms with E-state index in [0.717, 1.165) is 44.2 Å². The normalized spacial score (nSPS) is 18.2. The fraction of sp³-hybridized carbons (Fsp3) is 0.682. The average molecular weight is 389 g/mol. The summed E-state index contributed by atoms with van der Waals surface area (Å²) in [6, 6.07) is -0.336. The molecule has 6 heteroatoms. The third-order valence-electron chi connectivity index (χ3n) is 6.40. The zero-order valence-electron chi connectivity index (χ0n) is 17.7. The van der Waals surface area contributed by atoms with Crippen molar-refractivity contribution in [2.75, 3.05) is 7.11 Å². The molecule has 0 spiro atoms. The second kappa shape index (κ2) is 8.10. The Hall–Kier alpha value is -2.11. The summed E-state index contributed by atoms with van der Waals surface area (Å²) >= 11 is 0. The Morgan fingerprint density at radius 1 is 1.14 bits per heavy atom. The molecule has 3 rings (SSSR count). The van der Waals surface area contributed by atoms with Gasteiger partial charge in [-0.3, -0.25) is 9.59 Å². The highest BCUT2D eigenvalue weighted by molar-refractivity contribution is 6.06. The molecule has 1 heterocycles. The monoisotopic (exact) mass is 388 g/mol. The molecule has 2 fully saturated rings. The Morgan fingerprint density at radius 3 is 2.25 bits per heavy atom. The van der Waals surface area contributed by atoms with E-state index < -0.39 is 12.0 Å². The quantitative estimate of drug-likeness (QED) is 0.528. The molecule has 154 valence electrons. The van der Waals surface area contributed by atoms with Crippen LogP contribution in [0.25, 0.3) is 0 Å². The Bertz CT molecular complexity index is 785. The lowest BCUT2D eigenvalue weighted by molar-refractivity contribution is -0.137. The van der Waals surface area contributed by atoms with Crippen LogP contribution in [0.3, 0.4) is 0 Å². The summed E-state index contributed by atoms with van der Waals surface area (Å²) < 4.78 is 6.77. The minimum Gasteiger partial charge on any atom is -0.464 e. The number of ether oxygens (including phenoxy) is 1. The van der Waals surface area contributed by atoms with Gasteiger partial charge >= 0.3 is 5.97 Å². The van der Waals surface area contributed by atoms with Crippen molar-refractivity contribution in [1.82, 2.24) is 9.47 Å². The Kier molecular flexibility index (Phi) is 5.96. The van der Waals surface area contributed by atoms with Gasteiger partial charge in [0.1, 0.15) is 5.69 Å². The molecule has 2 aliphatic carbocycles. The molecule has 0 aliphatic heterocycles. The smallest absolute Gasteiger partial charge is 0.354 e. The van der Waals surface area contributed by atoms with Crippen LogP contribution >= 0.6 is 0 Å². The highest BCUT2D eigenvalue weighted by atomic mass is 16.5. The number of aromatic nitrogens is 1. The first-order valence-electron chi connectivity index (χ1n) is 10.5. The van der Waals surface area contributed by atoms with E-state index in [1.807, 2.05) is 30.2 Å². The maximum atomic E-state index is 13.5. The number of hydrogen-bond acceptors (Lipinski definition) is 4. The molecule has 2 saturated carbocycles. The van der Waals surface area contributed by atoms with Gasteiger partial charge in [-0.1, -0.05) is 12.8 Å². The predicted molar refractivity (Wildman–Crippen MR) is 107 cm³/mol. The molecule has 0 radical (unpaired) electrons. The number of Topliss-reactive ketones (excluding diaryl/α,β-unsaturated/α-hetero) is 1. The maximum Gasteiger partial charge on any atom is 0.354 e. The van der Waals surface area contributed by atoms with Gasteiger partial charge < -0.3 is 14.2 Å². The summed E-state index contributed by atoms with van der Waals surface area (Å²) in [6.07, 6.45) is 5.99. The van der Waals surface area contributed by atoms with Crippen LogP contribution in [0.15, 0.2) is 0 Å². The minimum atomic E-state index is -0.517. The molecule has 0 N–H and O–H groups in total. The van der Waals surface area contributed by atoms with Gasteiger partial charge in [0.15, 0.2) is 5.78 Å². The van der Waals surface area contributed by atoms with Gasteiger partial charge in [-0.25, -0.2) is 4.79 Å². The summed E-state index contributed by atoms with van der Waals surface area (Å²) in [5.74, 6) is -0.316. The van der Waals surface area contributed by atoms with Gasteiger partial charge in [0.25, 0.3) is 0 Å². The van der Waals surface area contributed by atoms with E-state index in [1.54, 1.807) is 6.92 Å². The van der Waals surface area contributed by atoms with Crippen LogP contribution in [-0.2, 0) is 16.1 Å². The zero-order valence-corrected chi connectivity index (χ0v) is 17.7. The first-order valence-corrected chi connectivity index (χ1v) is 10.5. The molecule has 1 aromatic heterocycles. The summed E-state index contributed by atoms with van der Waals surface area (Å²) in [5.41, 5.74) is 2.39. The number of carbonyl (C=O) groups is 3. The first kappa shape index (κ1) is 20.6. The fourth-order valence-electron chi connectivity index (χ4n) is 4.77. The second-order valence-corrected chi connectivity index (χ2v) is 8.17. The van der Waals surface area contributed by atoms with E-state index in [2.05, 4.69) is 0 Å². The van der Waals surface area contributed by atoms with E-state index >= 15 is 0 Å². The van der Waals surface area contributed by atoms with Crippen LogP contribution in [0.2, 0.25) is 0 Å². The third kappa shape index (κ3) is 3.49. The van der Waals surface area contributed by atoms with Crippen molar-refractivity contribution < 1.29 is 19.1 Å². The summed E-state index contributed by atoms with van der Waals surface area (Å²) in [6.45, 7) is 8.02. The molecule has 6 nitrogen and oxygen atoms in total. The molecule has 0 unspecified atom stereocenters. The lowest BCUT2D eigenvalue weighted by Crippen LogP contribution is -2.47. The number of amides is 1. The van der Waals surface area contributed by atoms with Crippen LogP contribution < -0.4 is 0 Å². The number of methoxy groups -OCH3 is 1. The Morgan fingerprint density at radius 2 is 1.75 bits per heavy atom. The summed E-state index contributed by atoms with van der Waals surface area (Å²) in [7, 11) is 1.35. The molecule has 0 aromatic carbocycles. The number of rotatable bonds is 7. The highest BCUT2D eigenvalue weighted by Gasteiger charge is 2.42. The van der Waals surface area contributed by atoms with Crippen molar-refractivity contribution >= 4 is 17.7 Å². The van der Waals surface area contributed by atoms with Crippen molar-refractivity contribution in [1.29, 1.82) is 0 Å². The van der Waals surface area contributed by atoms with Crippen LogP contribution in [0.1, 0.15) is 84.5 Å². The Balaban J connectivity index is 1.95. The molecule has 1 aromatic rings. The predicted octanol–water partition coefficient (Wildman–Crippen LogP) is 3.66. The van der Waals surface area contributed by atoms with Crippen LogP contribution in [-0.4, -0.2) is 46.3 Å². The number of esters is 1.